The monoisotopic (exact) mass is 375 g/mol. The molecule has 0 aromatic heterocycles. The zero-order chi connectivity index (χ0) is 13.5. The van der Waals surface area contributed by atoms with Crippen LogP contribution in [0.5, 0.6) is 5.75 Å². The minimum Gasteiger partial charge on any atom is -0.491 e. The van der Waals surface area contributed by atoms with Gasteiger partial charge in [-0.2, -0.15) is 0 Å². The van der Waals surface area contributed by atoms with Crippen molar-refractivity contribution in [1.29, 1.82) is 0 Å². The molecule has 2 rings (SSSR count). The average molecular weight is 375 g/mol. The number of hydrogen-bond donors (Lipinski definition) is 3. The van der Waals surface area contributed by atoms with Crippen molar-refractivity contribution < 1.29 is 9.84 Å². The Labute approximate surface area is 126 Å². The number of halogens is 1. The van der Waals surface area contributed by atoms with Crippen molar-refractivity contribution in [3.05, 3.63) is 27.8 Å². The van der Waals surface area contributed by atoms with E-state index in [2.05, 4.69) is 38.2 Å². The van der Waals surface area contributed by atoms with Gasteiger partial charge in [-0.15, -0.1) is 0 Å². The lowest BCUT2D eigenvalue weighted by Gasteiger charge is -2.18. The van der Waals surface area contributed by atoms with Crippen LogP contribution in [0.4, 0.5) is 0 Å². The van der Waals surface area contributed by atoms with E-state index in [1.165, 1.54) is 0 Å². The van der Waals surface area contributed by atoms with E-state index in [1.807, 2.05) is 24.3 Å². The molecule has 1 heterocycles. The lowest BCUT2D eigenvalue weighted by Crippen LogP contribution is -2.44. The summed E-state index contributed by atoms with van der Waals surface area (Å²) < 4.78 is 6.67. The molecule has 0 saturated heterocycles. The van der Waals surface area contributed by atoms with Gasteiger partial charge in [0.15, 0.2) is 5.96 Å². The summed E-state index contributed by atoms with van der Waals surface area (Å²) in [5.74, 6) is 1.53. The summed E-state index contributed by atoms with van der Waals surface area (Å²) in [4.78, 5) is 4.27. The highest BCUT2D eigenvalue weighted by molar-refractivity contribution is 14.1. The van der Waals surface area contributed by atoms with Crippen LogP contribution in [0.25, 0.3) is 0 Å². The third-order valence-corrected chi connectivity index (χ3v) is 3.38. The van der Waals surface area contributed by atoms with Gasteiger partial charge in [-0.3, -0.25) is 4.99 Å². The van der Waals surface area contributed by atoms with Gasteiger partial charge in [0.1, 0.15) is 18.5 Å². The normalized spacial score (nSPS) is 16.2. The van der Waals surface area contributed by atoms with E-state index in [-0.39, 0.29) is 6.61 Å². The van der Waals surface area contributed by atoms with Gasteiger partial charge >= 0.3 is 0 Å². The zero-order valence-electron chi connectivity index (χ0n) is 10.6. The first-order valence-electron chi connectivity index (χ1n) is 6.32. The second kappa shape index (κ2) is 7.54. The Morgan fingerprint density at radius 1 is 1.42 bits per heavy atom. The van der Waals surface area contributed by atoms with Crippen LogP contribution in [0, 0.1) is 3.57 Å². The summed E-state index contributed by atoms with van der Waals surface area (Å²) in [7, 11) is 0. The SMILES string of the molecule is OC(CNC1=NCCCN1)COc1ccc(I)cc1. The minimum absolute atomic E-state index is 0.265. The van der Waals surface area contributed by atoms with Crippen LogP contribution in [-0.2, 0) is 0 Å². The van der Waals surface area contributed by atoms with Crippen molar-refractivity contribution in [2.75, 3.05) is 26.2 Å². The number of aliphatic hydroxyl groups excluding tert-OH is 1. The minimum atomic E-state index is -0.564. The Morgan fingerprint density at radius 2 is 2.21 bits per heavy atom. The van der Waals surface area contributed by atoms with E-state index < -0.39 is 6.10 Å². The van der Waals surface area contributed by atoms with Gasteiger partial charge in [0, 0.05) is 23.2 Å². The number of nitrogens with zero attached hydrogens (tertiary/aromatic N) is 1. The molecule has 104 valence electrons. The summed E-state index contributed by atoms with van der Waals surface area (Å²) >= 11 is 2.24. The number of rotatable bonds is 5. The highest BCUT2D eigenvalue weighted by Crippen LogP contribution is 2.13. The largest absolute Gasteiger partial charge is 0.491 e. The lowest BCUT2D eigenvalue weighted by atomic mass is 10.3. The number of benzene rings is 1. The molecule has 0 spiro atoms. The smallest absolute Gasteiger partial charge is 0.191 e. The van der Waals surface area contributed by atoms with Gasteiger partial charge in [0.25, 0.3) is 0 Å². The number of aliphatic hydroxyl groups is 1. The standard InChI is InChI=1S/C13H18IN3O2/c14-10-2-4-12(5-3-10)19-9-11(18)8-17-13-15-6-1-7-16-13/h2-5,11,18H,1,6-9H2,(H2,15,16,17). The summed E-state index contributed by atoms with van der Waals surface area (Å²) in [6.07, 6.45) is 0.495. The van der Waals surface area contributed by atoms with Crippen LogP contribution in [0.3, 0.4) is 0 Å². The van der Waals surface area contributed by atoms with Gasteiger partial charge in [0.05, 0.1) is 0 Å². The number of hydrogen-bond acceptors (Lipinski definition) is 5. The molecule has 0 radical (unpaired) electrons. The predicted octanol–water partition coefficient (Wildman–Crippen LogP) is 0.970. The molecule has 5 nitrogen and oxygen atoms in total. The molecular formula is C13H18IN3O2. The van der Waals surface area contributed by atoms with E-state index in [0.717, 1.165) is 34.8 Å². The van der Waals surface area contributed by atoms with E-state index in [9.17, 15) is 5.11 Å². The van der Waals surface area contributed by atoms with Gasteiger partial charge in [-0.1, -0.05) is 0 Å². The number of guanidine groups is 1. The highest BCUT2D eigenvalue weighted by Gasteiger charge is 2.08. The molecule has 0 fully saturated rings. The van der Waals surface area contributed by atoms with Crippen molar-refractivity contribution in [2.24, 2.45) is 4.99 Å². The van der Waals surface area contributed by atoms with Gasteiger partial charge in [-0.25, -0.2) is 0 Å². The molecule has 1 aromatic carbocycles. The summed E-state index contributed by atoms with van der Waals surface area (Å²) in [6, 6.07) is 7.74. The Bertz CT molecular complexity index is 422. The fraction of sp³-hybridized carbons (Fsp3) is 0.462. The molecule has 6 heteroatoms. The molecule has 1 atom stereocenters. The van der Waals surface area contributed by atoms with Gasteiger partial charge in [0.2, 0.25) is 0 Å². The molecule has 0 aliphatic carbocycles. The van der Waals surface area contributed by atoms with E-state index >= 15 is 0 Å². The van der Waals surface area contributed by atoms with Crippen LogP contribution >= 0.6 is 22.6 Å². The Kier molecular flexibility index (Phi) is 5.71. The fourth-order valence-electron chi connectivity index (χ4n) is 1.65. The van der Waals surface area contributed by atoms with Gasteiger partial charge in [-0.05, 0) is 53.3 Å². The molecule has 0 bridgehead atoms. The van der Waals surface area contributed by atoms with Crippen LogP contribution < -0.4 is 15.4 Å². The molecule has 1 aliphatic rings. The Hall–Kier alpha value is -1.02. The molecule has 0 saturated carbocycles. The average Bonchev–Trinajstić information content (AvgIpc) is 2.45. The van der Waals surface area contributed by atoms with Crippen molar-refractivity contribution in [1.82, 2.24) is 10.6 Å². The number of aliphatic imine (C=N–C) groups is 1. The maximum atomic E-state index is 9.82. The number of ether oxygens (including phenoxy) is 1. The third kappa shape index (κ3) is 5.23. The third-order valence-electron chi connectivity index (χ3n) is 2.66. The van der Waals surface area contributed by atoms with Crippen molar-refractivity contribution in [2.45, 2.75) is 12.5 Å². The molecular weight excluding hydrogens is 357 g/mol. The molecule has 19 heavy (non-hydrogen) atoms. The van der Waals surface area contributed by atoms with E-state index in [4.69, 9.17) is 4.74 Å². The fourth-order valence-corrected chi connectivity index (χ4v) is 2.01. The summed E-state index contributed by atoms with van der Waals surface area (Å²) in [5.41, 5.74) is 0. The van der Waals surface area contributed by atoms with Crippen LogP contribution in [0.15, 0.2) is 29.3 Å². The van der Waals surface area contributed by atoms with Crippen LogP contribution in [0.2, 0.25) is 0 Å². The predicted molar refractivity (Wildman–Crippen MR) is 83.6 cm³/mol. The first-order chi connectivity index (χ1) is 9.24. The summed E-state index contributed by atoms with van der Waals surface area (Å²) in [6.45, 7) is 2.46. The topological polar surface area (TPSA) is 65.9 Å². The molecule has 1 aliphatic heterocycles. The molecule has 1 aromatic rings. The lowest BCUT2D eigenvalue weighted by molar-refractivity contribution is 0.110. The van der Waals surface area contributed by atoms with Crippen LogP contribution in [-0.4, -0.2) is 43.4 Å². The molecule has 1 unspecified atom stereocenters. The van der Waals surface area contributed by atoms with E-state index in [1.54, 1.807) is 0 Å². The quantitative estimate of drug-likeness (QED) is 0.672. The highest BCUT2D eigenvalue weighted by atomic mass is 127. The maximum Gasteiger partial charge on any atom is 0.191 e. The van der Waals surface area contributed by atoms with Crippen molar-refractivity contribution in [3.63, 3.8) is 0 Å². The maximum absolute atomic E-state index is 9.82. The van der Waals surface area contributed by atoms with Crippen molar-refractivity contribution >= 4 is 28.6 Å². The summed E-state index contributed by atoms with van der Waals surface area (Å²) in [5, 5.41) is 16.0. The van der Waals surface area contributed by atoms with Crippen molar-refractivity contribution in [3.8, 4) is 5.75 Å². The second-order valence-corrected chi connectivity index (χ2v) is 5.56. The zero-order valence-corrected chi connectivity index (χ0v) is 12.8. The first-order valence-corrected chi connectivity index (χ1v) is 7.40. The van der Waals surface area contributed by atoms with Crippen LogP contribution in [0.1, 0.15) is 6.42 Å². The first kappa shape index (κ1) is 14.4. The Morgan fingerprint density at radius 3 is 2.89 bits per heavy atom. The molecule has 0 amide bonds. The number of nitrogens with one attached hydrogen (secondary N) is 2. The molecule has 3 N–H and O–H groups in total. The Balaban J connectivity index is 1.68. The van der Waals surface area contributed by atoms with Gasteiger partial charge < -0.3 is 20.5 Å². The van der Waals surface area contributed by atoms with E-state index in [0.29, 0.717) is 6.54 Å². The second-order valence-electron chi connectivity index (χ2n) is 4.31.